The zero-order valence-corrected chi connectivity index (χ0v) is 13.9. The van der Waals surface area contributed by atoms with Crippen LogP contribution in [0.3, 0.4) is 0 Å². The molecular formula is C15H16N4OS2. The molecule has 0 amide bonds. The number of imidazole rings is 1. The van der Waals surface area contributed by atoms with Crippen LogP contribution in [-0.2, 0) is 11.3 Å². The third-order valence-electron chi connectivity index (χ3n) is 3.68. The Morgan fingerprint density at radius 1 is 1.32 bits per heavy atom. The Morgan fingerprint density at radius 3 is 3.00 bits per heavy atom. The summed E-state index contributed by atoms with van der Waals surface area (Å²) in [5, 5.41) is 0.955. The predicted octanol–water partition coefficient (Wildman–Crippen LogP) is 3.56. The van der Waals surface area contributed by atoms with Crippen LogP contribution in [0.1, 0.15) is 24.6 Å². The fourth-order valence-electron chi connectivity index (χ4n) is 2.38. The van der Waals surface area contributed by atoms with Crippen molar-refractivity contribution in [3.05, 3.63) is 30.1 Å². The molecule has 0 bridgehead atoms. The van der Waals surface area contributed by atoms with E-state index < -0.39 is 0 Å². The van der Waals surface area contributed by atoms with E-state index in [-0.39, 0.29) is 0 Å². The summed E-state index contributed by atoms with van der Waals surface area (Å²) >= 11 is 3.07. The zero-order valence-electron chi connectivity index (χ0n) is 12.2. The SMILES string of the molecule is COCCn1c(Sc2nc(C3CC3)ns2)nc2ccccc21. The van der Waals surface area contributed by atoms with E-state index >= 15 is 0 Å². The third kappa shape index (κ3) is 2.76. The van der Waals surface area contributed by atoms with Crippen molar-refractivity contribution in [3.8, 4) is 0 Å². The number of ether oxygens (including phenoxy) is 1. The average molecular weight is 332 g/mol. The molecule has 0 N–H and O–H groups in total. The van der Waals surface area contributed by atoms with Crippen LogP contribution in [0.25, 0.3) is 11.0 Å². The van der Waals surface area contributed by atoms with Crippen LogP contribution in [-0.4, -0.2) is 32.6 Å². The lowest BCUT2D eigenvalue weighted by Gasteiger charge is -2.06. The lowest BCUT2D eigenvalue weighted by atomic mass is 10.3. The second kappa shape index (κ2) is 5.98. The monoisotopic (exact) mass is 332 g/mol. The first-order valence-corrected chi connectivity index (χ1v) is 8.90. The highest BCUT2D eigenvalue weighted by Crippen LogP contribution is 2.40. The van der Waals surface area contributed by atoms with E-state index in [1.807, 2.05) is 18.2 Å². The summed E-state index contributed by atoms with van der Waals surface area (Å²) in [4.78, 5) is 9.38. The van der Waals surface area contributed by atoms with Gasteiger partial charge in [-0.05, 0) is 48.3 Å². The van der Waals surface area contributed by atoms with Gasteiger partial charge in [0.25, 0.3) is 0 Å². The molecule has 7 heteroatoms. The number of hydrogen-bond donors (Lipinski definition) is 0. The Labute approximate surface area is 136 Å². The van der Waals surface area contributed by atoms with E-state index in [0.29, 0.717) is 12.5 Å². The molecule has 2 heterocycles. The molecule has 1 aliphatic carbocycles. The molecule has 0 aliphatic heterocycles. The van der Waals surface area contributed by atoms with Gasteiger partial charge in [0.05, 0.1) is 17.6 Å². The zero-order chi connectivity index (χ0) is 14.9. The lowest BCUT2D eigenvalue weighted by molar-refractivity contribution is 0.186. The molecule has 0 atom stereocenters. The van der Waals surface area contributed by atoms with Gasteiger partial charge in [-0.25, -0.2) is 9.97 Å². The van der Waals surface area contributed by atoms with Gasteiger partial charge in [0.1, 0.15) is 5.82 Å². The minimum atomic E-state index is 0.595. The van der Waals surface area contributed by atoms with Crippen LogP contribution in [0.2, 0.25) is 0 Å². The fraction of sp³-hybridized carbons (Fsp3) is 0.400. The highest BCUT2D eigenvalue weighted by molar-refractivity contribution is 8.00. The van der Waals surface area contributed by atoms with Crippen LogP contribution in [0.15, 0.2) is 33.8 Å². The normalized spacial score (nSPS) is 14.8. The number of fused-ring (bicyclic) bond motifs is 1. The van der Waals surface area contributed by atoms with Crippen molar-refractivity contribution >= 4 is 34.3 Å². The number of nitrogens with zero attached hydrogens (tertiary/aromatic N) is 4. The van der Waals surface area contributed by atoms with Crippen molar-refractivity contribution in [3.63, 3.8) is 0 Å². The van der Waals surface area contributed by atoms with Crippen molar-refractivity contribution in [1.82, 2.24) is 18.9 Å². The standard InChI is InChI=1S/C15H16N4OS2/c1-20-9-8-19-12-5-3-2-4-11(12)16-14(19)21-15-17-13(18-22-15)10-6-7-10/h2-5,10H,6-9H2,1H3. The molecule has 0 spiro atoms. The molecule has 0 unspecified atom stereocenters. The Balaban J connectivity index is 1.66. The van der Waals surface area contributed by atoms with Gasteiger partial charge >= 0.3 is 0 Å². The summed E-state index contributed by atoms with van der Waals surface area (Å²) < 4.78 is 12.9. The lowest BCUT2D eigenvalue weighted by Crippen LogP contribution is -2.05. The molecule has 5 nitrogen and oxygen atoms in total. The van der Waals surface area contributed by atoms with Crippen molar-refractivity contribution < 1.29 is 4.74 Å². The van der Waals surface area contributed by atoms with Gasteiger partial charge in [-0.15, -0.1) is 0 Å². The van der Waals surface area contributed by atoms with Crippen LogP contribution >= 0.6 is 23.3 Å². The predicted molar refractivity (Wildman–Crippen MR) is 87.6 cm³/mol. The van der Waals surface area contributed by atoms with Crippen LogP contribution in [0, 0.1) is 0 Å². The molecule has 2 aromatic heterocycles. The number of hydrogen-bond acceptors (Lipinski definition) is 6. The minimum Gasteiger partial charge on any atom is -0.383 e. The van der Waals surface area contributed by atoms with Crippen LogP contribution in [0.4, 0.5) is 0 Å². The quantitative estimate of drug-likeness (QED) is 0.691. The summed E-state index contributed by atoms with van der Waals surface area (Å²) in [6.07, 6.45) is 2.46. The molecule has 0 saturated heterocycles. The van der Waals surface area contributed by atoms with E-state index in [4.69, 9.17) is 9.72 Å². The van der Waals surface area contributed by atoms with Gasteiger partial charge in [0, 0.05) is 19.6 Å². The van der Waals surface area contributed by atoms with E-state index in [1.54, 1.807) is 18.9 Å². The second-order valence-corrected chi connectivity index (χ2v) is 7.29. The number of rotatable bonds is 6. The molecule has 0 radical (unpaired) electrons. The van der Waals surface area contributed by atoms with Crippen molar-refractivity contribution in [2.75, 3.05) is 13.7 Å². The smallest absolute Gasteiger partial charge is 0.177 e. The number of aromatic nitrogens is 4. The number of para-hydroxylation sites is 2. The number of methoxy groups -OCH3 is 1. The molecule has 1 fully saturated rings. The van der Waals surface area contributed by atoms with E-state index in [2.05, 4.69) is 20.0 Å². The van der Waals surface area contributed by atoms with E-state index in [0.717, 1.165) is 32.9 Å². The fourth-order valence-corrected chi connectivity index (χ4v) is 4.10. The molecule has 22 heavy (non-hydrogen) atoms. The Bertz CT molecular complexity index is 794. The van der Waals surface area contributed by atoms with Crippen LogP contribution in [0.5, 0.6) is 0 Å². The first-order chi connectivity index (χ1) is 10.8. The minimum absolute atomic E-state index is 0.595. The highest BCUT2D eigenvalue weighted by atomic mass is 32.2. The maximum atomic E-state index is 5.23. The first kappa shape index (κ1) is 14.2. The highest BCUT2D eigenvalue weighted by Gasteiger charge is 2.28. The van der Waals surface area contributed by atoms with E-state index in [1.165, 1.54) is 24.4 Å². The molecule has 3 aromatic rings. The molecule has 4 rings (SSSR count). The Hall–Kier alpha value is -1.44. The Morgan fingerprint density at radius 2 is 2.18 bits per heavy atom. The summed E-state index contributed by atoms with van der Waals surface area (Å²) in [5.74, 6) is 1.60. The number of benzene rings is 1. The first-order valence-electron chi connectivity index (χ1n) is 7.31. The molecule has 114 valence electrons. The maximum absolute atomic E-state index is 5.23. The van der Waals surface area contributed by atoms with Crippen molar-refractivity contribution in [1.29, 1.82) is 0 Å². The summed E-state index contributed by atoms with van der Waals surface area (Å²) in [6.45, 7) is 1.45. The molecule has 1 aliphatic rings. The topological polar surface area (TPSA) is 52.8 Å². The molecule has 1 saturated carbocycles. The van der Waals surface area contributed by atoms with Gasteiger partial charge in [0.15, 0.2) is 9.50 Å². The summed E-state index contributed by atoms with van der Waals surface area (Å²) in [7, 11) is 1.72. The van der Waals surface area contributed by atoms with Crippen molar-refractivity contribution in [2.24, 2.45) is 0 Å². The second-order valence-electron chi connectivity index (χ2n) is 5.32. The third-order valence-corrected chi connectivity index (χ3v) is 5.44. The van der Waals surface area contributed by atoms with Gasteiger partial charge in [0.2, 0.25) is 0 Å². The maximum Gasteiger partial charge on any atom is 0.177 e. The van der Waals surface area contributed by atoms with Gasteiger partial charge in [-0.3, -0.25) is 0 Å². The molecular weight excluding hydrogens is 316 g/mol. The average Bonchev–Trinajstić information content (AvgIpc) is 3.19. The van der Waals surface area contributed by atoms with Crippen molar-refractivity contribution in [2.45, 2.75) is 34.8 Å². The molecule has 1 aromatic carbocycles. The van der Waals surface area contributed by atoms with Gasteiger partial charge in [-0.2, -0.15) is 4.37 Å². The van der Waals surface area contributed by atoms with E-state index in [9.17, 15) is 0 Å². The largest absolute Gasteiger partial charge is 0.383 e. The van der Waals surface area contributed by atoms with Crippen LogP contribution < -0.4 is 0 Å². The van der Waals surface area contributed by atoms with Gasteiger partial charge < -0.3 is 9.30 Å². The Kier molecular flexibility index (Phi) is 3.85. The summed E-state index contributed by atoms with van der Waals surface area (Å²) in [6, 6.07) is 8.19. The summed E-state index contributed by atoms with van der Waals surface area (Å²) in [5.41, 5.74) is 2.14. The van der Waals surface area contributed by atoms with Gasteiger partial charge in [-0.1, -0.05) is 12.1 Å².